The lowest BCUT2D eigenvalue weighted by Gasteiger charge is -2.11. The van der Waals surface area contributed by atoms with E-state index >= 15 is 0 Å². The van der Waals surface area contributed by atoms with Crippen LogP contribution in [0, 0.1) is 0 Å². The van der Waals surface area contributed by atoms with Gasteiger partial charge in [-0.25, -0.2) is 8.42 Å². The molecule has 5 nitrogen and oxygen atoms in total. The Bertz CT molecular complexity index is 511. The van der Waals surface area contributed by atoms with Crippen LogP contribution >= 0.6 is 0 Å². The van der Waals surface area contributed by atoms with Gasteiger partial charge < -0.3 is 10.4 Å². The third-order valence-electron chi connectivity index (χ3n) is 2.49. The van der Waals surface area contributed by atoms with Gasteiger partial charge >= 0.3 is 5.97 Å². The number of carbonyl (C=O) groups is 1. The smallest absolute Gasteiger partial charge is 0.303 e. The van der Waals surface area contributed by atoms with Crippen molar-refractivity contribution >= 4 is 21.5 Å². The lowest BCUT2D eigenvalue weighted by molar-refractivity contribution is -0.137. The van der Waals surface area contributed by atoms with Gasteiger partial charge in [-0.3, -0.25) is 4.79 Å². The molecule has 0 spiro atoms. The number of anilines is 1. The normalized spacial score (nSPS) is 11.2. The van der Waals surface area contributed by atoms with Crippen LogP contribution in [-0.2, 0) is 14.6 Å². The molecule has 1 rings (SSSR count). The quantitative estimate of drug-likeness (QED) is 0.738. The molecule has 18 heavy (non-hydrogen) atoms. The molecule has 0 radical (unpaired) electrons. The zero-order valence-electron chi connectivity index (χ0n) is 10.2. The van der Waals surface area contributed by atoms with E-state index in [-0.39, 0.29) is 17.1 Å². The molecule has 0 aliphatic rings. The summed E-state index contributed by atoms with van der Waals surface area (Å²) in [5.74, 6) is -0.813. The minimum absolute atomic E-state index is 0.0425. The summed E-state index contributed by atoms with van der Waals surface area (Å²) in [6, 6.07) is 6.65. The van der Waals surface area contributed by atoms with Crippen LogP contribution in [0.25, 0.3) is 0 Å². The SMILES string of the molecule is CCS(=O)(=O)c1ccccc1NCCCC(=O)O. The third kappa shape index (κ3) is 4.03. The largest absolute Gasteiger partial charge is 0.481 e. The van der Waals surface area contributed by atoms with E-state index in [0.29, 0.717) is 18.7 Å². The van der Waals surface area contributed by atoms with Gasteiger partial charge in [0.2, 0.25) is 0 Å². The maximum atomic E-state index is 11.8. The van der Waals surface area contributed by atoms with Gasteiger partial charge in [0.05, 0.1) is 16.3 Å². The summed E-state index contributed by atoms with van der Waals surface area (Å²) >= 11 is 0. The Hall–Kier alpha value is -1.56. The van der Waals surface area contributed by atoms with Crippen LogP contribution in [0.15, 0.2) is 29.2 Å². The van der Waals surface area contributed by atoms with Gasteiger partial charge in [0.15, 0.2) is 9.84 Å². The van der Waals surface area contributed by atoms with Crippen molar-refractivity contribution in [1.29, 1.82) is 0 Å². The van der Waals surface area contributed by atoms with Crippen molar-refractivity contribution in [3.63, 3.8) is 0 Å². The molecular formula is C12H17NO4S. The lowest BCUT2D eigenvalue weighted by atomic mass is 10.3. The second kappa shape index (κ2) is 6.39. The van der Waals surface area contributed by atoms with Crippen molar-refractivity contribution in [2.24, 2.45) is 0 Å². The zero-order chi connectivity index (χ0) is 13.6. The van der Waals surface area contributed by atoms with Crippen LogP contribution in [0.1, 0.15) is 19.8 Å². The van der Waals surface area contributed by atoms with Crippen LogP contribution in [0.5, 0.6) is 0 Å². The molecule has 0 fully saturated rings. The lowest BCUT2D eigenvalue weighted by Crippen LogP contribution is -2.10. The molecule has 1 aromatic rings. The molecule has 0 heterocycles. The number of nitrogens with one attached hydrogen (secondary N) is 1. The average Bonchev–Trinajstić information content (AvgIpc) is 2.35. The monoisotopic (exact) mass is 271 g/mol. The molecule has 0 unspecified atom stereocenters. The first-order valence-corrected chi connectivity index (χ1v) is 7.40. The molecule has 0 saturated carbocycles. The Morgan fingerprint density at radius 1 is 1.33 bits per heavy atom. The minimum atomic E-state index is -3.26. The fourth-order valence-corrected chi connectivity index (χ4v) is 2.57. The van der Waals surface area contributed by atoms with E-state index in [9.17, 15) is 13.2 Å². The maximum Gasteiger partial charge on any atom is 0.303 e. The van der Waals surface area contributed by atoms with Gasteiger partial charge in [-0.15, -0.1) is 0 Å². The third-order valence-corrected chi connectivity index (χ3v) is 4.27. The number of benzene rings is 1. The van der Waals surface area contributed by atoms with Gasteiger partial charge in [0.25, 0.3) is 0 Å². The van der Waals surface area contributed by atoms with Gasteiger partial charge in [-0.1, -0.05) is 19.1 Å². The number of hydrogen-bond acceptors (Lipinski definition) is 4. The minimum Gasteiger partial charge on any atom is -0.481 e. The number of aliphatic carboxylic acids is 1. The molecule has 0 amide bonds. The van der Waals surface area contributed by atoms with E-state index in [1.54, 1.807) is 31.2 Å². The summed E-state index contributed by atoms with van der Waals surface area (Å²) < 4.78 is 23.7. The Kier molecular flexibility index (Phi) is 5.15. The summed E-state index contributed by atoms with van der Waals surface area (Å²) in [5.41, 5.74) is 0.532. The van der Waals surface area contributed by atoms with Gasteiger partial charge in [-0.2, -0.15) is 0 Å². The van der Waals surface area contributed by atoms with Crippen molar-refractivity contribution in [2.75, 3.05) is 17.6 Å². The number of carboxylic acid groups (broad SMARTS) is 1. The molecule has 1 aromatic carbocycles. The molecule has 0 saturated heterocycles. The van der Waals surface area contributed by atoms with Gasteiger partial charge in [0.1, 0.15) is 0 Å². The molecule has 0 aliphatic carbocycles. The second-order valence-electron chi connectivity index (χ2n) is 3.82. The zero-order valence-corrected chi connectivity index (χ0v) is 11.0. The topological polar surface area (TPSA) is 83.5 Å². The van der Waals surface area contributed by atoms with Gasteiger partial charge in [0, 0.05) is 13.0 Å². The molecule has 0 aliphatic heterocycles. The Balaban J connectivity index is 2.75. The predicted molar refractivity (Wildman–Crippen MR) is 69.5 cm³/mol. The van der Waals surface area contributed by atoms with Crippen molar-refractivity contribution in [2.45, 2.75) is 24.7 Å². The summed E-state index contributed by atoms with van der Waals surface area (Å²) in [5, 5.41) is 11.5. The number of hydrogen-bond donors (Lipinski definition) is 2. The second-order valence-corrected chi connectivity index (χ2v) is 6.07. The summed E-state index contributed by atoms with van der Waals surface area (Å²) in [4.78, 5) is 10.6. The maximum absolute atomic E-state index is 11.8. The first kappa shape index (κ1) is 14.5. The fraction of sp³-hybridized carbons (Fsp3) is 0.417. The average molecular weight is 271 g/mol. The molecule has 6 heteroatoms. The van der Waals surface area contributed by atoms with Crippen molar-refractivity contribution in [3.05, 3.63) is 24.3 Å². The first-order valence-electron chi connectivity index (χ1n) is 5.75. The molecule has 0 aromatic heterocycles. The predicted octanol–water partition coefficient (Wildman–Crippen LogP) is 1.76. The van der Waals surface area contributed by atoms with Crippen LogP contribution in [0.2, 0.25) is 0 Å². The Morgan fingerprint density at radius 2 is 2.00 bits per heavy atom. The van der Waals surface area contributed by atoms with Crippen molar-refractivity contribution in [1.82, 2.24) is 0 Å². The Labute approximate surface area is 107 Å². The van der Waals surface area contributed by atoms with E-state index in [0.717, 1.165) is 0 Å². The number of carboxylic acids is 1. The van der Waals surface area contributed by atoms with E-state index in [2.05, 4.69) is 5.32 Å². The number of para-hydroxylation sites is 1. The fourth-order valence-electron chi connectivity index (χ4n) is 1.50. The van der Waals surface area contributed by atoms with Crippen molar-refractivity contribution in [3.8, 4) is 0 Å². The van der Waals surface area contributed by atoms with E-state index in [1.165, 1.54) is 0 Å². The van der Waals surface area contributed by atoms with Crippen LogP contribution < -0.4 is 5.32 Å². The molecule has 100 valence electrons. The molecule has 0 bridgehead atoms. The highest BCUT2D eigenvalue weighted by Gasteiger charge is 2.15. The van der Waals surface area contributed by atoms with Crippen LogP contribution in [0.3, 0.4) is 0 Å². The van der Waals surface area contributed by atoms with E-state index in [1.807, 2.05) is 0 Å². The summed E-state index contributed by atoms with van der Waals surface area (Å²) in [6.45, 7) is 2.03. The summed E-state index contributed by atoms with van der Waals surface area (Å²) in [7, 11) is -3.26. The van der Waals surface area contributed by atoms with E-state index < -0.39 is 15.8 Å². The standard InChI is InChI=1S/C12H17NO4S/c1-2-18(16,17)11-7-4-3-6-10(11)13-9-5-8-12(14)15/h3-4,6-7,13H,2,5,8-9H2,1H3,(H,14,15). The van der Waals surface area contributed by atoms with Crippen molar-refractivity contribution < 1.29 is 18.3 Å². The highest BCUT2D eigenvalue weighted by molar-refractivity contribution is 7.91. The van der Waals surface area contributed by atoms with E-state index in [4.69, 9.17) is 5.11 Å². The molecule has 0 atom stereocenters. The number of sulfone groups is 1. The first-order chi connectivity index (χ1) is 8.47. The highest BCUT2D eigenvalue weighted by atomic mass is 32.2. The van der Waals surface area contributed by atoms with Crippen LogP contribution in [0.4, 0.5) is 5.69 Å². The summed E-state index contributed by atoms with van der Waals surface area (Å²) in [6.07, 6.45) is 0.519. The Morgan fingerprint density at radius 3 is 2.61 bits per heavy atom. The highest BCUT2D eigenvalue weighted by Crippen LogP contribution is 2.21. The molecule has 2 N–H and O–H groups in total. The van der Waals surface area contributed by atoms with Gasteiger partial charge in [-0.05, 0) is 18.6 Å². The number of rotatable bonds is 7. The van der Waals surface area contributed by atoms with Crippen LogP contribution in [-0.4, -0.2) is 31.8 Å². The molecular weight excluding hydrogens is 254 g/mol.